The minimum atomic E-state index is -5.54. The number of hydrogen-bond acceptors (Lipinski definition) is 8. The van der Waals surface area contributed by atoms with Crippen LogP contribution in [0.1, 0.15) is 34.9 Å². The molecule has 0 N–H and O–H groups in total. The number of phosphoric acid groups is 1. The Morgan fingerprint density at radius 3 is 2.50 bits per heavy atom. The number of carbonyl (C=O) groups is 1. The summed E-state index contributed by atoms with van der Waals surface area (Å²) < 4.78 is 49.5. The highest BCUT2D eigenvalue weighted by Crippen LogP contribution is 2.43. The lowest BCUT2D eigenvalue weighted by molar-refractivity contribution is -0.341. The highest BCUT2D eigenvalue weighted by molar-refractivity contribution is 7.43. The number of benzene rings is 2. The standard InChI is InChI=1S/C23H17ClF2N3O6P/c24-15-6-13-7-19(12-4-5-12)35-20(13)8-14(15)18-9-28-21(10-27-18)29(11-34-36(31,32)33)23(30)22-16(25)2-1-3-17(22)26/h1-3,6-10,12H,4-5,11H2,(H2,31,32,33)/p-2. The quantitative estimate of drug-likeness (QED) is 0.256. The molecule has 0 aliphatic heterocycles. The fourth-order valence-corrected chi connectivity index (χ4v) is 4.16. The van der Waals surface area contributed by atoms with Crippen LogP contribution in [0.2, 0.25) is 5.02 Å². The van der Waals surface area contributed by atoms with Crippen LogP contribution in [0.25, 0.3) is 22.2 Å². The lowest BCUT2D eigenvalue weighted by Gasteiger charge is -2.31. The number of furan rings is 1. The monoisotopic (exact) mass is 533 g/mol. The molecule has 13 heteroatoms. The first kappa shape index (κ1) is 24.5. The summed E-state index contributed by atoms with van der Waals surface area (Å²) in [6.07, 6.45) is 4.40. The van der Waals surface area contributed by atoms with E-state index in [1.807, 2.05) is 6.07 Å². The zero-order valence-corrected chi connectivity index (χ0v) is 19.8. The van der Waals surface area contributed by atoms with Crippen molar-refractivity contribution in [3.05, 3.63) is 76.8 Å². The average Bonchev–Trinajstić information content (AvgIpc) is 3.58. The number of hydrogen-bond donors (Lipinski definition) is 0. The number of halogens is 3. The summed E-state index contributed by atoms with van der Waals surface area (Å²) in [6, 6.07) is 8.09. The molecule has 4 aromatic rings. The van der Waals surface area contributed by atoms with Crippen molar-refractivity contribution in [1.82, 2.24) is 9.97 Å². The third-order valence-electron chi connectivity index (χ3n) is 5.56. The van der Waals surface area contributed by atoms with Crippen LogP contribution in [-0.2, 0) is 9.09 Å². The van der Waals surface area contributed by atoms with E-state index >= 15 is 0 Å². The van der Waals surface area contributed by atoms with Gasteiger partial charge in [0.2, 0.25) is 0 Å². The molecule has 0 saturated heterocycles. The van der Waals surface area contributed by atoms with Crippen LogP contribution < -0.4 is 14.7 Å². The molecule has 0 unspecified atom stereocenters. The maximum absolute atomic E-state index is 14.2. The molecule has 0 bridgehead atoms. The largest absolute Gasteiger partial charge is 0.790 e. The van der Waals surface area contributed by atoms with Gasteiger partial charge in [-0.25, -0.2) is 13.8 Å². The third-order valence-corrected chi connectivity index (χ3v) is 6.31. The van der Waals surface area contributed by atoms with Crippen molar-refractivity contribution in [2.75, 3.05) is 11.6 Å². The maximum atomic E-state index is 14.2. The normalized spacial score (nSPS) is 13.8. The van der Waals surface area contributed by atoms with Crippen LogP contribution in [0.5, 0.6) is 0 Å². The Balaban J connectivity index is 1.49. The van der Waals surface area contributed by atoms with Crippen LogP contribution >= 0.6 is 19.4 Å². The van der Waals surface area contributed by atoms with E-state index in [1.54, 1.807) is 12.1 Å². The Kier molecular flexibility index (Phi) is 6.36. The van der Waals surface area contributed by atoms with Gasteiger partial charge in [0, 0.05) is 16.9 Å². The molecule has 1 fully saturated rings. The van der Waals surface area contributed by atoms with E-state index in [4.69, 9.17) is 16.0 Å². The highest BCUT2D eigenvalue weighted by atomic mass is 35.5. The number of amides is 1. The second-order valence-corrected chi connectivity index (χ2v) is 9.65. The smallest absolute Gasteiger partial charge is 0.267 e. The molecule has 1 amide bonds. The summed E-state index contributed by atoms with van der Waals surface area (Å²) >= 11 is 6.43. The minimum absolute atomic E-state index is 0.277. The zero-order chi connectivity index (χ0) is 25.6. The molecule has 2 aromatic heterocycles. The van der Waals surface area contributed by atoms with Gasteiger partial charge in [-0.3, -0.25) is 14.7 Å². The lowest BCUT2D eigenvalue weighted by Crippen LogP contribution is -2.36. The van der Waals surface area contributed by atoms with Crippen LogP contribution in [0, 0.1) is 11.6 Å². The van der Waals surface area contributed by atoms with Crippen molar-refractivity contribution in [2.24, 2.45) is 0 Å². The van der Waals surface area contributed by atoms with E-state index in [0.29, 0.717) is 27.0 Å². The van der Waals surface area contributed by atoms with Gasteiger partial charge in [-0.05, 0) is 43.2 Å². The highest BCUT2D eigenvalue weighted by Gasteiger charge is 2.28. The summed E-state index contributed by atoms with van der Waals surface area (Å²) in [5, 5.41) is 1.19. The summed E-state index contributed by atoms with van der Waals surface area (Å²) in [4.78, 5) is 43.6. The van der Waals surface area contributed by atoms with Crippen LogP contribution in [0.15, 0.2) is 53.2 Å². The fraction of sp³-hybridized carbons (Fsp3) is 0.174. The van der Waals surface area contributed by atoms with Crippen molar-refractivity contribution in [3.63, 3.8) is 0 Å². The molecule has 0 radical (unpaired) electrons. The van der Waals surface area contributed by atoms with Gasteiger partial charge in [-0.1, -0.05) is 17.7 Å². The van der Waals surface area contributed by atoms with Crippen LogP contribution in [0.4, 0.5) is 14.6 Å². The van der Waals surface area contributed by atoms with Gasteiger partial charge in [0.05, 0.1) is 30.9 Å². The van der Waals surface area contributed by atoms with E-state index in [9.17, 15) is 27.9 Å². The number of phosphoric ester groups is 1. The number of anilines is 1. The molecule has 0 spiro atoms. The molecule has 1 saturated carbocycles. The third kappa shape index (κ3) is 5.02. The van der Waals surface area contributed by atoms with Crippen LogP contribution in [0.3, 0.4) is 0 Å². The van der Waals surface area contributed by atoms with Gasteiger partial charge < -0.3 is 23.3 Å². The van der Waals surface area contributed by atoms with E-state index < -0.39 is 37.7 Å². The molecule has 5 rings (SSSR count). The molecule has 0 atom stereocenters. The Morgan fingerprint density at radius 2 is 1.89 bits per heavy atom. The first-order valence-corrected chi connectivity index (χ1v) is 12.4. The summed E-state index contributed by atoms with van der Waals surface area (Å²) in [5.41, 5.74) is 0.358. The maximum Gasteiger partial charge on any atom is 0.267 e. The number of carbonyl (C=O) groups excluding carboxylic acids is 1. The second kappa shape index (κ2) is 9.34. The number of nitrogens with zero attached hydrogens (tertiary/aromatic N) is 3. The second-order valence-electron chi connectivity index (χ2n) is 8.09. The Bertz CT molecular complexity index is 1500. The van der Waals surface area contributed by atoms with Crippen molar-refractivity contribution < 1.29 is 36.9 Å². The first-order valence-electron chi connectivity index (χ1n) is 10.6. The van der Waals surface area contributed by atoms with Crippen molar-refractivity contribution in [1.29, 1.82) is 0 Å². The van der Waals surface area contributed by atoms with E-state index in [-0.39, 0.29) is 11.5 Å². The van der Waals surface area contributed by atoms with E-state index in [0.717, 1.165) is 48.4 Å². The van der Waals surface area contributed by atoms with Gasteiger partial charge >= 0.3 is 0 Å². The zero-order valence-electron chi connectivity index (χ0n) is 18.2. The minimum Gasteiger partial charge on any atom is -0.790 e. The molecular weight excluding hydrogens is 519 g/mol. The molecule has 9 nitrogen and oxygen atoms in total. The first-order chi connectivity index (χ1) is 17.1. The molecule has 1 aliphatic carbocycles. The predicted octanol–water partition coefficient (Wildman–Crippen LogP) is 4.15. The lowest BCUT2D eigenvalue weighted by atomic mass is 10.1. The van der Waals surface area contributed by atoms with Gasteiger partial charge in [0.25, 0.3) is 5.91 Å². The molecular formula is C23H15ClF2N3O6P-2. The average molecular weight is 534 g/mol. The van der Waals surface area contributed by atoms with Gasteiger partial charge in [-0.2, -0.15) is 0 Å². The molecule has 186 valence electrons. The SMILES string of the molecule is O=C(c1c(F)cccc1F)N(COP(=O)([O-])[O-])c1cnc(-c2cc3oc(C4CC4)cc3cc2Cl)cn1. The van der Waals surface area contributed by atoms with E-state index in [1.165, 1.54) is 6.20 Å². The topological polar surface area (TPSA) is 132 Å². The Morgan fingerprint density at radius 1 is 1.17 bits per heavy atom. The Hall–Kier alpha value is -3.21. The summed E-state index contributed by atoms with van der Waals surface area (Å²) in [7, 11) is -5.54. The van der Waals surface area contributed by atoms with Crippen molar-refractivity contribution in [3.8, 4) is 11.3 Å². The molecule has 2 aromatic carbocycles. The number of fused-ring (bicyclic) bond motifs is 1. The number of rotatable bonds is 7. The van der Waals surface area contributed by atoms with E-state index in [2.05, 4.69) is 14.5 Å². The Labute approximate surface area is 207 Å². The predicted molar refractivity (Wildman–Crippen MR) is 121 cm³/mol. The van der Waals surface area contributed by atoms with Gasteiger partial charge in [0.1, 0.15) is 35.3 Å². The molecule has 1 aliphatic rings. The molecule has 36 heavy (non-hydrogen) atoms. The van der Waals surface area contributed by atoms with Gasteiger partial charge in [-0.15, -0.1) is 0 Å². The van der Waals surface area contributed by atoms with Gasteiger partial charge in [0.15, 0.2) is 5.82 Å². The van der Waals surface area contributed by atoms with Crippen LogP contribution in [-0.4, -0.2) is 22.6 Å². The summed E-state index contributed by atoms with van der Waals surface area (Å²) in [6.45, 7) is -1.17. The fourth-order valence-electron chi connectivity index (χ4n) is 3.64. The number of aromatic nitrogens is 2. The van der Waals surface area contributed by atoms with Crippen molar-refractivity contribution in [2.45, 2.75) is 18.8 Å². The summed E-state index contributed by atoms with van der Waals surface area (Å²) in [5.74, 6) is -2.78. The van der Waals surface area contributed by atoms with Crippen molar-refractivity contribution >= 4 is 42.1 Å². The molecule has 2 heterocycles.